The third-order valence-electron chi connectivity index (χ3n) is 3.89. The molecule has 128 valence electrons. The van der Waals surface area contributed by atoms with Gasteiger partial charge in [-0.2, -0.15) is 5.10 Å². The first-order chi connectivity index (χ1) is 12.0. The zero-order valence-electron chi connectivity index (χ0n) is 13.0. The Morgan fingerprint density at radius 3 is 2.32 bits per heavy atom. The molecule has 2 unspecified atom stereocenters. The topological polar surface area (TPSA) is 50.9 Å². The van der Waals surface area contributed by atoms with Gasteiger partial charge >= 0.3 is 0 Å². The number of hydrogen-bond donors (Lipinski definition) is 1. The van der Waals surface area contributed by atoms with E-state index in [0.29, 0.717) is 11.1 Å². The normalized spacial score (nSPS) is 13.4. The molecule has 0 saturated carbocycles. The average molecular weight is 345 g/mol. The maximum absolute atomic E-state index is 14.3. The summed E-state index contributed by atoms with van der Waals surface area (Å²) in [7, 11) is 0. The number of rotatable bonds is 5. The van der Waals surface area contributed by atoms with Crippen LogP contribution in [0.2, 0.25) is 0 Å². The largest absolute Gasteiger partial charge is 0.371 e. The molecule has 0 bridgehead atoms. The van der Waals surface area contributed by atoms with Gasteiger partial charge in [-0.3, -0.25) is 0 Å². The van der Waals surface area contributed by atoms with Crippen molar-refractivity contribution >= 4 is 5.57 Å². The lowest BCUT2D eigenvalue weighted by Gasteiger charge is -2.26. The number of aliphatic hydroxyl groups excluding tert-OH is 1. The zero-order valence-corrected chi connectivity index (χ0v) is 13.0. The molecule has 1 heterocycles. The summed E-state index contributed by atoms with van der Waals surface area (Å²) in [5.41, 5.74) is 0.876. The Labute approximate surface area is 141 Å². The molecule has 2 atom stereocenters. The van der Waals surface area contributed by atoms with E-state index in [1.165, 1.54) is 43.0 Å². The van der Waals surface area contributed by atoms with Crippen molar-refractivity contribution in [3.63, 3.8) is 0 Å². The van der Waals surface area contributed by atoms with Gasteiger partial charge in [0.15, 0.2) is 6.23 Å². The molecule has 0 radical (unpaired) electrons. The lowest BCUT2D eigenvalue weighted by molar-refractivity contribution is 0.0774. The number of nitrogens with zero attached hydrogens (tertiary/aromatic N) is 3. The van der Waals surface area contributed by atoms with E-state index in [4.69, 9.17) is 0 Å². The highest BCUT2D eigenvalue weighted by Crippen LogP contribution is 2.39. The van der Waals surface area contributed by atoms with Crippen molar-refractivity contribution < 1.29 is 18.3 Å². The summed E-state index contributed by atoms with van der Waals surface area (Å²) in [6, 6.07) is 8.48. The summed E-state index contributed by atoms with van der Waals surface area (Å²) in [6.45, 7) is 3.92. The third kappa shape index (κ3) is 3.46. The van der Waals surface area contributed by atoms with Crippen LogP contribution in [0, 0.1) is 17.5 Å². The smallest absolute Gasteiger partial charge is 0.159 e. The molecule has 3 rings (SSSR count). The molecular formula is C18H14F3N3O. The Balaban J connectivity index is 2.08. The van der Waals surface area contributed by atoms with Gasteiger partial charge in [-0.15, -0.1) is 0 Å². The zero-order chi connectivity index (χ0) is 18.0. The van der Waals surface area contributed by atoms with Gasteiger partial charge in [0.25, 0.3) is 0 Å². The maximum atomic E-state index is 14.3. The van der Waals surface area contributed by atoms with E-state index in [1.54, 1.807) is 0 Å². The van der Waals surface area contributed by atoms with Crippen molar-refractivity contribution in [3.05, 3.63) is 90.3 Å². The van der Waals surface area contributed by atoms with E-state index in [1.807, 2.05) is 0 Å². The fourth-order valence-corrected chi connectivity index (χ4v) is 2.63. The average Bonchev–Trinajstić information content (AvgIpc) is 3.12. The van der Waals surface area contributed by atoms with Crippen LogP contribution in [-0.4, -0.2) is 19.9 Å². The van der Waals surface area contributed by atoms with E-state index in [2.05, 4.69) is 16.7 Å². The summed E-state index contributed by atoms with van der Waals surface area (Å²) in [6.07, 6.45) is 1.17. The highest BCUT2D eigenvalue weighted by molar-refractivity contribution is 5.70. The first-order valence-electron chi connectivity index (χ1n) is 7.39. The van der Waals surface area contributed by atoms with Crippen molar-refractivity contribution in [2.24, 2.45) is 0 Å². The quantitative estimate of drug-likeness (QED) is 0.767. The predicted octanol–water partition coefficient (Wildman–Crippen LogP) is 3.68. The molecule has 4 nitrogen and oxygen atoms in total. The molecule has 0 aliphatic rings. The molecule has 0 fully saturated rings. The monoisotopic (exact) mass is 345 g/mol. The van der Waals surface area contributed by atoms with Crippen molar-refractivity contribution in [1.29, 1.82) is 0 Å². The predicted molar refractivity (Wildman–Crippen MR) is 85.8 cm³/mol. The summed E-state index contributed by atoms with van der Waals surface area (Å²) < 4.78 is 41.9. The fourth-order valence-electron chi connectivity index (χ4n) is 2.63. The van der Waals surface area contributed by atoms with E-state index >= 15 is 0 Å². The lowest BCUT2D eigenvalue weighted by atomic mass is 9.86. The summed E-state index contributed by atoms with van der Waals surface area (Å²) in [5, 5.41) is 14.5. The van der Waals surface area contributed by atoms with Crippen LogP contribution in [0.25, 0.3) is 5.57 Å². The number of benzene rings is 2. The van der Waals surface area contributed by atoms with Crippen LogP contribution in [0.4, 0.5) is 13.2 Å². The van der Waals surface area contributed by atoms with Crippen LogP contribution in [0.5, 0.6) is 0 Å². The van der Waals surface area contributed by atoms with E-state index in [-0.39, 0.29) is 5.56 Å². The second kappa shape index (κ2) is 6.90. The molecule has 0 saturated heterocycles. The first-order valence-corrected chi connectivity index (χ1v) is 7.39. The molecule has 2 aromatic carbocycles. The standard InChI is InChI=1S/C18H14F3N3O/c1-11(12-2-4-13(19)5-3-12)17(18(25)24-10-22-9-23-24)15-7-6-14(20)8-16(15)21/h2-10,17-18,25H,1H2. The van der Waals surface area contributed by atoms with E-state index in [9.17, 15) is 18.3 Å². The van der Waals surface area contributed by atoms with Crippen LogP contribution in [-0.2, 0) is 0 Å². The Morgan fingerprint density at radius 2 is 1.72 bits per heavy atom. The molecule has 0 aliphatic carbocycles. The number of aliphatic hydroxyl groups is 1. The molecule has 1 aromatic heterocycles. The van der Waals surface area contributed by atoms with Gasteiger partial charge in [-0.25, -0.2) is 22.8 Å². The van der Waals surface area contributed by atoms with Crippen LogP contribution in [0.15, 0.2) is 61.7 Å². The SMILES string of the molecule is C=C(c1ccc(F)cc1)C(c1ccc(F)cc1F)C(O)n1cncn1. The Hall–Kier alpha value is -2.93. The fraction of sp³-hybridized carbons (Fsp3) is 0.111. The third-order valence-corrected chi connectivity index (χ3v) is 3.89. The van der Waals surface area contributed by atoms with E-state index in [0.717, 1.165) is 16.8 Å². The van der Waals surface area contributed by atoms with Gasteiger partial charge < -0.3 is 5.11 Å². The lowest BCUT2D eigenvalue weighted by Crippen LogP contribution is -2.20. The van der Waals surface area contributed by atoms with Gasteiger partial charge in [0, 0.05) is 11.6 Å². The van der Waals surface area contributed by atoms with Crippen LogP contribution >= 0.6 is 0 Å². The van der Waals surface area contributed by atoms with Crippen LogP contribution < -0.4 is 0 Å². The highest BCUT2D eigenvalue weighted by Gasteiger charge is 2.29. The van der Waals surface area contributed by atoms with Crippen molar-refractivity contribution in [1.82, 2.24) is 14.8 Å². The van der Waals surface area contributed by atoms with Crippen LogP contribution in [0.1, 0.15) is 23.3 Å². The first kappa shape index (κ1) is 16.9. The molecule has 3 aromatic rings. The molecule has 0 amide bonds. The second-order valence-corrected chi connectivity index (χ2v) is 5.46. The molecule has 0 spiro atoms. The second-order valence-electron chi connectivity index (χ2n) is 5.46. The number of aromatic nitrogens is 3. The number of halogens is 3. The van der Waals surface area contributed by atoms with Crippen molar-refractivity contribution in [3.8, 4) is 0 Å². The van der Waals surface area contributed by atoms with Gasteiger partial charge in [-0.05, 0) is 29.3 Å². The Morgan fingerprint density at radius 1 is 1.04 bits per heavy atom. The minimum absolute atomic E-state index is 0.0405. The van der Waals surface area contributed by atoms with Crippen molar-refractivity contribution in [2.75, 3.05) is 0 Å². The van der Waals surface area contributed by atoms with Crippen LogP contribution in [0.3, 0.4) is 0 Å². The van der Waals surface area contributed by atoms with Gasteiger partial charge in [0.1, 0.15) is 30.1 Å². The van der Waals surface area contributed by atoms with Gasteiger partial charge in [0.2, 0.25) is 0 Å². The van der Waals surface area contributed by atoms with Gasteiger partial charge in [-0.1, -0.05) is 24.8 Å². The summed E-state index contributed by atoms with van der Waals surface area (Å²) in [4.78, 5) is 3.76. The molecule has 7 heteroatoms. The van der Waals surface area contributed by atoms with Gasteiger partial charge in [0.05, 0.1) is 5.92 Å². The van der Waals surface area contributed by atoms with Crippen molar-refractivity contribution in [2.45, 2.75) is 12.1 Å². The Kier molecular flexibility index (Phi) is 4.67. The number of hydrogen-bond acceptors (Lipinski definition) is 3. The molecule has 1 N–H and O–H groups in total. The Bertz CT molecular complexity index is 879. The van der Waals surface area contributed by atoms with E-state index < -0.39 is 29.6 Å². The molecule has 25 heavy (non-hydrogen) atoms. The highest BCUT2D eigenvalue weighted by atomic mass is 19.1. The summed E-state index contributed by atoms with van der Waals surface area (Å²) in [5.74, 6) is -2.97. The maximum Gasteiger partial charge on any atom is 0.159 e. The molecular weight excluding hydrogens is 331 g/mol. The molecule has 0 aliphatic heterocycles. The summed E-state index contributed by atoms with van der Waals surface area (Å²) >= 11 is 0. The minimum atomic E-state index is -1.33. The minimum Gasteiger partial charge on any atom is -0.371 e.